The molecule has 0 heterocycles. The van der Waals surface area contributed by atoms with Crippen molar-refractivity contribution in [1.29, 1.82) is 0 Å². The smallest absolute Gasteiger partial charge is 0.163 e. The van der Waals surface area contributed by atoms with E-state index >= 15 is 0 Å². The van der Waals surface area contributed by atoms with Crippen LogP contribution in [-0.4, -0.2) is 17.6 Å². The zero-order valence-corrected chi connectivity index (χ0v) is 13.5. The van der Waals surface area contributed by atoms with Crippen LogP contribution in [0.5, 0.6) is 0 Å². The molecule has 0 aliphatic rings. The summed E-state index contributed by atoms with van der Waals surface area (Å²) in [5.74, 6) is -0.0400. The predicted octanol–water partition coefficient (Wildman–Crippen LogP) is 4.01. The van der Waals surface area contributed by atoms with Crippen LogP contribution < -0.4 is 5.32 Å². The minimum Gasteiger partial charge on any atom is -0.310 e. The summed E-state index contributed by atoms with van der Waals surface area (Å²) in [5, 5.41) is 3.30. The van der Waals surface area contributed by atoms with Gasteiger partial charge in [0, 0.05) is 30.1 Å². The fraction of sp³-hybridized carbons (Fsp3) is 0.529. The quantitative estimate of drug-likeness (QED) is 0.799. The van der Waals surface area contributed by atoms with Gasteiger partial charge < -0.3 is 5.32 Å². The summed E-state index contributed by atoms with van der Waals surface area (Å²) in [6, 6.07) is 5.88. The highest BCUT2D eigenvalue weighted by Crippen LogP contribution is 2.15. The molecule has 1 aromatic rings. The second kappa shape index (κ2) is 9.43. The highest BCUT2D eigenvalue weighted by atomic mass is 16.1. The van der Waals surface area contributed by atoms with Gasteiger partial charge in [0.15, 0.2) is 11.6 Å². The third-order valence-electron chi connectivity index (χ3n) is 2.80. The maximum atomic E-state index is 11.9. The molecule has 0 aliphatic carbocycles. The van der Waals surface area contributed by atoms with Gasteiger partial charge in [-0.25, -0.2) is 0 Å². The molecule has 0 aromatic heterocycles. The Balaban J connectivity index is 0.00000172. The molecule has 0 unspecified atom stereocenters. The second-order valence-corrected chi connectivity index (χ2v) is 4.75. The van der Waals surface area contributed by atoms with Crippen LogP contribution in [0.4, 0.5) is 0 Å². The molecule has 3 heteroatoms. The van der Waals surface area contributed by atoms with Crippen LogP contribution in [0.1, 0.15) is 74.2 Å². The number of rotatable bonds is 6. The molecule has 0 bridgehead atoms. The molecule has 1 rings (SSSR count). The molecule has 0 saturated heterocycles. The molecule has 3 nitrogen and oxygen atoms in total. The third-order valence-corrected chi connectivity index (χ3v) is 2.80. The van der Waals surface area contributed by atoms with Crippen molar-refractivity contribution in [3.05, 3.63) is 34.9 Å². The van der Waals surface area contributed by atoms with Crippen molar-refractivity contribution < 1.29 is 9.59 Å². The van der Waals surface area contributed by atoms with E-state index in [4.69, 9.17) is 0 Å². The minimum absolute atomic E-state index is 0.0200. The van der Waals surface area contributed by atoms with E-state index in [9.17, 15) is 9.59 Å². The standard InChI is InChI=1S/C15H21NO2.C2H6/c1-5-15(18)14-8-12(9-16-10(2)3)6-7-13(14)11(4)17;1-2/h6-8,10,16H,5,9H2,1-4H3;1-2H3. The van der Waals surface area contributed by atoms with Crippen LogP contribution in [0, 0.1) is 0 Å². The maximum absolute atomic E-state index is 11.9. The van der Waals surface area contributed by atoms with Gasteiger partial charge in [0.2, 0.25) is 0 Å². The van der Waals surface area contributed by atoms with Crippen molar-refractivity contribution in [1.82, 2.24) is 5.32 Å². The van der Waals surface area contributed by atoms with Gasteiger partial charge in [0.1, 0.15) is 0 Å². The van der Waals surface area contributed by atoms with E-state index in [0.717, 1.165) is 5.56 Å². The summed E-state index contributed by atoms with van der Waals surface area (Å²) >= 11 is 0. The first kappa shape index (κ1) is 18.5. The molecular formula is C17H27NO2. The normalized spacial score (nSPS) is 9.95. The van der Waals surface area contributed by atoms with Crippen LogP contribution >= 0.6 is 0 Å². The van der Waals surface area contributed by atoms with Gasteiger partial charge in [0.25, 0.3) is 0 Å². The van der Waals surface area contributed by atoms with Crippen LogP contribution in [0.25, 0.3) is 0 Å². The second-order valence-electron chi connectivity index (χ2n) is 4.75. The number of carbonyl (C=O) groups is 2. The monoisotopic (exact) mass is 277 g/mol. The summed E-state index contributed by atoms with van der Waals surface area (Å²) in [5.41, 5.74) is 2.11. The Morgan fingerprint density at radius 2 is 1.75 bits per heavy atom. The molecule has 112 valence electrons. The highest BCUT2D eigenvalue weighted by Gasteiger charge is 2.13. The number of carbonyl (C=O) groups excluding carboxylic acids is 2. The first-order valence-electron chi connectivity index (χ1n) is 7.36. The van der Waals surface area contributed by atoms with Gasteiger partial charge in [-0.05, 0) is 18.6 Å². The molecule has 0 radical (unpaired) electrons. The molecule has 0 saturated carbocycles. The van der Waals surface area contributed by atoms with Crippen molar-refractivity contribution in [2.75, 3.05) is 0 Å². The first-order valence-corrected chi connectivity index (χ1v) is 7.36. The van der Waals surface area contributed by atoms with E-state index in [1.807, 2.05) is 32.9 Å². The Morgan fingerprint density at radius 1 is 1.15 bits per heavy atom. The van der Waals surface area contributed by atoms with Gasteiger partial charge in [-0.1, -0.05) is 46.8 Å². The molecular weight excluding hydrogens is 250 g/mol. The van der Waals surface area contributed by atoms with Crippen molar-refractivity contribution >= 4 is 11.6 Å². The Bertz CT molecular complexity index is 450. The molecule has 0 spiro atoms. The predicted molar refractivity (Wildman–Crippen MR) is 84.4 cm³/mol. The molecule has 0 aliphatic heterocycles. The van der Waals surface area contributed by atoms with E-state index in [0.29, 0.717) is 30.1 Å². The molecule has 0 atom stereocenters. The summed E-state index contributed by atoms with van der Waals surface area (Å²) in [6.45, 7) is 12.2. The lowest BCUT2D eigenvalue weighted by Crippen LogP contribution is -2.22. The number of Topliss-reactive ketones (excluding diaryl/α,β-unsaturated/α-hetero) is 2. The molecule has 0 amide bonds. The van der Waals surface area contributed by atoms with E-state index in [-0.39, 0.29) is 11.6 Å². The highest BCUT2D eigenvalue weighted by molar-refractivity contribution is 6.08. The molecule has 1 aromatic carbocycles. The van der Waals surface area contributed by atoms with Crippen molar-refractivity contribution in [3.63, 3.8) is 0 Å². The van der Waals surface area contributed by atoms with Crippen LogP contribution in [-0.2, 0) is 6.54 Å². The van der Waals surface area contributed by atoms with Crippen LogP contribution in [0.2, 0.25) is 0 Å². The molecule has 0 fully saturated rings. The maximum Gasteiger partial charge on any atom is 0.163 e. The lowest BCUT2D eigenvalue weighted by Gasteiger charge is -2.11. The summed E-state index contributed by atoms with van der Waals surface area (Å²) in [7, 11) is 0. The number of hydrogen-bond donors (Lipinski definition) is 1. The van der Waals surface area contributed by atoms with Crippen molar-refractivity contribution in [2.24, 2.45) is 0 Å². The Labute approximate surface area is 122 Å². The average molecular weight is 277 g/mol. The van der Waals surface area contributed by atoms with E-state index in [2.05, 4.69) is 19.2 Å². The van der Waals surface area contributed by atoms with Crippen LogP contribution in [0.15, 0.2) is 18.2 Å². The number of ketones is 2. The Hall–Kier alpha value is -1.48. The Morgan fingerprint density at radius 3 is 2.20 bits per heavy atom. The van der Waals surface area contributed by atoms with Gasteiger partial charge >= 0.3 is 0 Å². The van der Waals surface area contributed by atoms with Gasteiger partial charge in [-0.3, -0.25) is 9.59 Å². The largest absolute Gasteiger partial charge is 0.310 e. The van der Waals surface area contributed by atoms with E-state index in [1.165, 1.54) is 6.92 Å². The summed E-state index contributed by atoms with van der Waals surface area (Å²) in [6.07, 6.45) is 0.418. The number of hydrogen-bond acceptors (Lipinski definition) is 3. The Kier molecular flexibility index (Phi) is 8.73. The summed E-state index contributed by atoms with van der Waals surface area (Å²) in [4.78, 5) is 23.4. The zero-order chi connectivity index (χ0) is 15.7. The van der Waals surface area contributed by atoms with Crippen LogP contribution in [0.3, 0.4) is 0 Å². The first-order chi connectivity index (χ1) is 9.45. The van der Waals surface area contributed by atoms with Gasteiger partial charge in [0.05, 0.1) is 0 Å². The number of benzene rings is 1. The fourth-order valence-corrected chi connectivity index (χ4v) is 1.75. The van der Waals surface area contributed by atoms with Gasteiger partial charge in [-0.2, -0.15) is 0 Å². The lowest BCUT2D eigenvalue weighted by molar-refractivity contribution is 0.0965. The van der Waals surface area contributed by atoms with Gasteiger partial charge in [-0.15, -0.1) is 0 Å². The lowest BCUT2D eigenvalue weighted by atomic mass is 9.97. The summed E-state index contributed by atoms with van der Waals surface area (Å²) < 4.78 is 0. The topological polar surface area (TPSA) is 46.2 Å². The van der Waals surface area contributed by atoms with E-state index in [1.54, 1.807) is 6.07 Å². The fourth-order valence-electron chi connectivity index (χ4n) is 1.75. The zero-order valence-electron chi connectivity index (χ0n) is 13.5. The number of nitrogens with one attached hydrogen (secondary N) is 1. The average Bonchev–Trinajstić information content (AvgIpc) is 2.45. The third kappa shape index (κ3) is 5.66. The SMILES string of the molecule is CC.CCC(=O)c1cc(CNC(C)C)ccc1C(C)=O. The van der Waals surface area contributed by atoms with E-state index < -0.39 is 0 Å². The minimum atomic E-state index is -0.0600. The molecule has 20 heavy (non-hydrogen) atoms. The van der Waals surface area contributed by atoms with Crippen molar-refractivity contribution in [3.8, 4) is 0 Å². The molecule has 1 N–H and O–H groups in total. The van der Waals surface area contributed by atoms with Crippen molar-refractivity contribution in [2.45, 2.75) is 60.5 Å².